The van der Waals surface area contributed by atoms with E-state index < -0.39 is 16.6 Å². The van der Waals surface area contributed by atoms with Crippen LogP contribution < -0.4 is 0 Å². The van der Waals surface area contributed by atoms with E-state index in [1.807, 2.05) is 0 Å². The zero-order valence-corrected chi connectivity index (χ0v) is 11.8. The van der Waals surface area contributed by atoms with Gasteiger partial charge in [0.1, 0.15) is 0 Å². The van der Waals surface area contributed by atoms with E-state index in [2.05, 4.69) is 26.3 Å². The molecule has 0 aliphatic heterocycles. The average Bonchev–Trinajstić information content (AvgIpc) is 2.54. The molecule has 1 saturated carbocycles. The third kappa shape index (κ3) is 2.35. The van der Waals surface area contributed by atoms with Gasteiger partial charge in [-0.05, 0) is 38.5 Å². The molecule has 2 atom stereocenters. The van der Waals surface area contributed by atoms with Crippen LogP contribution in [-0.2, 0) is 0 Å². The van der Waals surface area contributed by atoms with Gasteiger partial charge in [-0.2, -0.15) is 0 Å². The minimum Gasteiger partial charge on any atom is -0.389 e. The van der Waals surface area contributed by atoms with Crippen LogP contribution in [0.15, 0.2) is 50.6 Å². The van der Waals surface area contributed by atoms with E-state index >= 15 is 0 Å². The zero-order valence-electron chi connectivity index (χ0n) is 11.8. The molecule has 0 heterocycles. The monoisotopic (exact) mass is 262 g/mol. The lowest BCUT2D eigenvalue weighted by atomic mass is 9.60. The van der Waals surface area contributed by atoms with Gasteiger partial charge in [-0.25, -0.2) is 0 Å². The molecule has 106 valence electrons. The summed E-state index contributed by atoms with van der Waals surface area (Å²) in [4.78, 5) is 0. The second-order valence-corrected chi connectivity index (χ2v) is 5.62. The van der Waals surface area contributed by atoms with Gasteiger partial charge in [0.2, 0.25) is 0 Å². The van der Waals surface area contributed by atoms with E-state index in [9.17, 15) is 10.2 Å². The summed E-state index contributed by atoms with van der Waals surface area (Å²) in [5.74, 6) is 0. The lowest BCUT2D eigenvalue weighted by molar-refractivity contribution is -0.146. The second kappa shape index (κ2) is 5.89. The first-order valence-electron chi connectivity index (χ1n) is 6.83. The largest absolute Gasteiger partial charge is 0.389 e. The molecule has 0 aromatic carbocycles. The summed E-state index contributed by atoms with van der Waals surface area (Å²) in [7, 11) is 0. The molecule has 19 heavy (non-hydrogen) atoms. The Morgan fingerprint density at radius 1 is 0.684 bits per heavy atom. The lowest BCUT2D eigenvalue weighted by Gasteiger charge is -2.49. The maximum absolute atomic E-state index is 11.1. The van der Waals surface area contributed by atoms with Crippen molar-refractivity contribution in [1.82, 2.24) is 0 Å². The normalized spacial score (nSPS) is 32.7. The van der Waals surface area contributed by atoms with Gasteiger partial charge in [-0.15, -0.1) is 26.3 Å². The fourth-order valence-corrected chi connectivity index (χ4v) is 3.73. The number of hydrogen-bond acceptors (Lipinski definition) is 2. The smallest absolute Gasteiger partial charge is 0.0772 e. The van der Waals surface area contributed by atoms with Crippen molar-refractivity contribution in [2.24, 2.45) is 5.41 Å². The number of hydrogen-bond donors (Lipinski definition) is 2. The fourth-order valence-electron chi connectivity index (χ4n) is 3.73. The van der Waals surface area contributed by atoms with E-state index in [0.717, 1.165) is 0 Å². The van der Waals surface area contributed by atoms with Gasteiger partial charge in [0.25, 0.3) is 0 Å². The molecule has 0 amide bonds. The highest BCUT2D eigenvalue weighted by atomic mass is 16.3. The van der Waals surface area contributed by atoms with Crippen molar-refractivity contribution in [2.45, 2.75) is 49.7 Å². The van der Waals surface area contributed by atoms with Crippen molar-refractivity contribution >= 4 is 0 Å². The van der Waals surface area contributed by atoms with Gasteiger partial charge >= 0.3 is 0 Å². The van der Waals surface area contributed by atoms with Crippen molar-refractivity contribution in [1.29, 1.82) is 0 Å². The van der Waals surface area contributed by atoms with Crippen LogP contribution in [0.2, 0.25) is 0 Å². The predicted molar refractivity (Wildman–Crippen MR) is 80.8 cm³/mol. The van der Waals surface area contributed by atoms with Gasteiger partial charge in [0.05, 0.1) is 11.2 Å². The molecule has 0 aromatic heterocycles. The Morgan fingerprint density at radius 3 is 1.26 bits per heavy atom. The Hall–Kier alpha value is -1.12. The van der Waals surface area contributed by atoms with E-state index in [1.165, 1.54) is 0 Å². The molecule has 2 N–H and O–H groups in total. The summed E-state index contributed by atoms with van der Waals surface area (Å²) in [5.41, 5.74) is -2.59. The zero-order chi connectivity index (χ0) is 14.6. The quantitative estimate of drug-likeness (QED) is 0.657. The maximum Gasteiger partial charge on any atom is 0.0772 e. The van der Waals surface area contributed by atoms with Gasteiger partial charge in [0, 0.05) is 5.41 Å². The summed E-state index contributed by atoms with van der Waals surface area (Å²) < 4.78 is 0. The molecule has 0 spiro atoms. The minimum absolute atomic E-state index is 0.466. The van der Waals surface area contributed by atoms with Crippen molar-refractivity contribution in [2.75, 3.05) is 0 Å². The first-order chi connectivity index (χ1) is 8.95. The molecular weight excluding hydrogens is 236 g/mol. The van der Waals surface area contributed by atoms with Crippen LogP contribution >= 0.6 is 0 Å². The van der Waals surface area contributed by atoms with Gasteiger partial charge in [0.15, 0.2) is 0 Å². The van der Waals surface area contributed by atoms with Crippen LogP contribution in [0, 0.1) is 5.41 Å². The van der Waals surface area contributed by atoms with Crippen molar-refractivity contribution in [3.63, 3.8) is 0 Å². The van der Waals surface area contributed by atoms with E-state index in [1.54, 1.807) is 24.3 Å². The van der Waals surface area contributed by atoms with Crippen molar-refractivity contribution in [3.05, 3.63) is 50.6 Å². The van der Waals surface area contributed by atoms with Gasteiger partial charge in [-0.3, -0.25) is 0 Å². The molecule has 1 aliphatic carbocycles. The van der Waals surface area contributed by atoms with E-state index in [4.69, 9.17) is 0 Å². The molecule has 0 radical (unpaired) electrons. The van der Waals surface area contributed by atoms with Crippen molar-refractivity contribution in [3.8, 4) is 0 Å². The third-order valence-corrected chi connectivity index (χ3v) is 4.68. The van der Waals surface area contributed by atoms with Crippen molar-refractivity contribution < 1.29 is 10.2 Å². The molecular formula is C17H26O2. The summed E-state index contributed by atoms with van der Waals surface area (Å²) in [6.07, 6.45) is 10.1. The molecule has 1 rings (SSSR count). The molecule has 0 aromatic rings. The molecule has 1 fully saturated rings. The first kappa shape index (κ1) is 15.9. The maximum atomic E-state index is 11.1. The lowest BCUT2D eigenvalue weighted by Crippen LogP contribution is -2.55. The van der Waals surface area contributed by atoms with Crippen LogP contribution in [0.3, 0.4) is 0 Å². The Balaban J connectivity index is 3.35. The molecule has 0 unspecified atom stereocenters. The Labute approximate surface area is 116 Å². The highest BCUT2D eigenvalue weighted by Gasteiger charge is 2.64. The fraction of sp³-hybridized carbons (Fsp3) is 0.529. The third-order valence-electron chi connectivity index (χ3n) is 4.68. The van der Waals surface area contributed by atoms with Crippen LogP contribution in [-0.4, -0.2) is 21.4 Å². The SMILES string of the molecule is C=CCC1(CC=C)[C@@](O)(CC=C)CC[C@@]1(O)CC=C. The summed E-state index contributed by atoms with van der Waals surface area (Å²) in [6, 6.07) is 0. The summed E-state index contributed by atoms with van der Waals surface area (Å²) in [5, 5.41) is 22.1. The predicted octanol–water partition coefficient (Wildman–Crippen LogP) is 3.53. The first-order valence-corrected chi connectivity index (χ1v) is 6.83. The van der Waals surface area contributed by atoms with Crippen LogP contribution in [0.4, 0.5) is 0 Å². The Kier molecular flexibility index (Phi) is 4.94. The van der Waals surface area contributed by atoms with Crippen LogP contribution in [0.1, 0.15) is 38.5 Å². The Morgan fingerprint density at radius 2 is 1.00 bits per heavy atom. The molecule has 2 nitrogen and oxygen atoms in total. The number of rotatable bonds is 8. The summed E-state index contributed by atoms with van der Waals surface area (Å²) >= 11 is 0. The van der Waals surface area contributed by atoms with Crippen LogP contribution in [0.25, 0.3) is 0 Å². The average molecular weight is 262 g/mol. The second-order valence-electron chi connectivity index (χ2n) is 5.62. The number of aliphatic hydroxyl groups is 2. The van der Waals surface area contributed by atoms with E-state index in [0.29, 0.717) is 38.5 Å². The molecule has 0 bridgehead atoms. The highest BCUT2D eigenvalue weighted by molar-refractivity contribution is 5.21. The topological polar surface area (TPSA) is 40.5 Å². The minimum atomic E-state index is -0.963. The Bertz CT molecular complexity index is 335. The van der Waals surface area contributed by atoms with Gasteiger partial charge in [-0.1, -0.05) is 24.3 Å². The molecule has 2 heteroatoms. The standard InChI is InChI=1S/C17H26O2/c1-5-9-15(10-6-2)16(18,11-7-3)13-14-17(15,19)12-8-4/h5-8,18-19H,1-4,9-14H2/t16-,17+. The van der Waals surface area contributed by atoms with E-state index in [-0.39, 0.29) is 0 Å². The summed E-state index contributed by atoms with van der Waals surface area (Å²) in [6.45, 7) is 15.1. The molecule has 0 saturated heterocycles. The van der Waals surface area contributed by atoms with Gasteiger partial charge < -0.3 is 10.2 Å². The highest BCUT2D eigenvalue weighted by Crippen LogP contribution is 2.60. The number of allylic oxidation sites excluding steroid dienone is 2. The van der Waals surface area contributed by atoms with Crippen LogP contribution in [0.5, 0.6) is 0 Å². The molecule has 1 aliphatic rings.